The predicted octanol–water partition coefficient (Wildman–Crippen LogP) is 5.20. The maximum Gasteiger partial charge on any atom is 0.361 e. The van der Waals surface area contributed by atoms with Gasteiger partial charge in [0, 0.05) is 13.5 Å². The fraction of sp³-hybridized carbons (Fsp3) is 0.647. The Morgan fingerprint density at radius 1 is 1.26 bits per heavy atom. The van der Waals surface area contributed by atoms with Crippen molar-refractivity contribution in [3.8, 4) is 0 Å². The van der Waals surface area contributed by atoms with Crippen LogP contribution in [0.2, 0.25) is 25.7 Å². The third kappa shape index (κ3) is 4.99. The first-order chi connectivity index (χ1) is 10.5. The number of rotatable bonds is 5. The standard InChI is InChI=1S/C17H28FO3PSi/c1-17(2)13-20-22(19,15-10-8-14(18)9-11-15)21-16(17)7-6-12-23(3,4)5/h8-11,16H,6-7,12-13H2,1-5H3. The van der Waals surface area contributed by atoms with Crippen LogP contribution in [0.3, 0.4) is 0 Å². The topological polar surface area (TPSA) is 35.5 Å². The van der Waals surface area contributed by atoms with E-state index in [0.717, 1.165) is 12.8 Å². The van der Waals surface area contributed by atoms with Gasteiger partial charge in [-0.1, -0.05) is 46.0 Å². The average molecular weight is 358 g/mol. The Hall–Kier alpha value is -0.483. The van der Waals surface area contributed by atoms with Gasteiger partial charge in [-0.3, -0.25) is 4.57 Å². The Bertz CT molecular complexity index is 580. The second kappa shape index (κ2) is 6.79. The van der Waals surface area contributed by atoms with E-state index >= 15 is 0 Å². The van der Waals surface area contributed by atoms with Gasteiger partial charge in [0.2, 0.25) is 0 Å². The van der Waals surface area contributed by atoms with Crippen LogP contribution in [-0.2, 0) is 13.6 Å². The van der Waals surface area contributed by atoms with Crippen molar-refractivity contribution in [2.24, 2.45) is 5.41 Å². The zero-order chi connectivity index (χ0) is 17.3. The SMILES string of the molecule is CC1(C)COP(=O)(c2ccc(F)cc2)OC1CCC[Si](C)(C)C. The van der Waals surface area contributed by atoms with Gasteiger partial charge in [0.15, 0.2) is 0 Å². The van der Waals surface area contributed by atoms with E-state index in [-0.39, 0.29) is 17.3 Å². The molecular formula is C17H28FO3PSi. The largest absolute Gasteiger partial charge is 0.361 e. The molecule has 1 aliphatic heterocycles. The first-order valence-corrected chi connectivity index (χ1v) is 13.5. The number of hydrogen-bond donors (Lipinski definition) is 0. The lowest BCUT2D eigenvalue weighted by Gasteiger charge is -2.41. The van der Waals surface area contributed by atoms with E-state index in [9.17, 15) is 8.96 Å². The number of halogens is 1. The molecule has 1 heterocycles. The lowest BCUT2D eigenvalue weighted by Crippen LogP contribution is -2.41. The molecule has 1 saturated heterocycles. The van der Waals surface area contributed by atoms with Gasteiger partial charge in [0.25, 0.3) is 0 Å². The van der Waals surface area contributed by atoms with E-state index in [1.807, 2.05) is 0 Å². The van der Waals surface area contributed by atoms with Crippen LogP contribution < -0.4 is 5.30 Å². The molecule has 0 N–H and O–H groups in total. The van der Waals surface area contributed by atoms with Gasteiger partial charge in [0.1, 0.15) is 5.82 Å². The minimum absolute atomic E-state index is 0.108. The molecule has 2 rings (SSSR count). The van der Waals surface area contributed by atoms with Gasteiger partial charge in [-0.2, -0.15) is 0 Å². The van der Waals surface area contributed by atoms with Gasteiger partial charge in [-0.15, -0.1) is 0 Å². The van der Waals surface area contributed by atoms with E-state index in [0.29, 0.717) is 11.9 Å². The van der Waals surface area contributed by atoms with E-state index in [1.165, 1.54) is 30.3 Å². The van der Waals surface area contributed by atoms with Crippen LogP contribution in [0, 0.1) is 11.2 Å². The van der Waals surface area contributed by atoms with Crippen LogP contribution in [0.15, 0.2) is 24.3 Å². The number of hydrogen-bond acceptors (Lipinski definition) is 3. The van der Waals surface area contributed by atoms with E-state index < -0.39 is 15.7 Å². The molecule has 2 atom stereocenters. The van der Waals surface area contributed by atoms with Crippen LogP contribution in [0.5, 0.6) is 0 Å². The summed E-state index contributed by atoms with van der Waals surface area (Å²) in [5.41, 5.74) is -0.173. The van der Waals surface area contributed by atoms with Crippen LogP contribution in [-0.4, -0.2) is 20.8 Å². The van der Waals surface area contributed by atoms with Crippen molar-refractivity contribution in [1.82, 2.24) is 0 Å². The molecule has 23 heavy (non-hydrogen) atoms. The second-order valence-electron chi connectivity index (χ2n) is 8.28. The van der Waals surface area contributed by atoms with Crippen LogP contribution in [0.1, 0.15) is 26.7 Å². The summed E-state index contributed by atoms with van der Waals surface area (Å²) in [6.07, 6.45) is 1.85. The third-order valence-electron chi connectivity index (χ3n) is 4.28. The van der Waals surface area contributed by atoms with Crippen LogP contribution in [0.25, 0.3) is 0 Å². The zero-order valence-electron chi connectivity index (χ0n) is 14.8. The van der Waals surface area contributed by atoms with Crippen LogP contribution >= 0.6 is 7.60 Å². The van der Waals surface area contributed by atoms with Crippen molar-refractivity contribution in [2.75, 3.05) is 6.61 Å². The summed E-state index contributed by atoms with van der Waals surface area (Å²) in [7, 11) is -4.45. The Morgan fingerprint density at radius 3 is 2.43 bits per heavy atom. The first kappa shape index (κ1) is 18.8. The summed E-state index contributed by atoms with van der Waals surface area (Å²) >= 11 is 0. The smallest absolute Gasteiger partial charge is 0.305 e. The molecule has 0 spiro atoms. The Morgan fingerprint density at radius 2 is 1.87 bits per heavy atom. The molecule has 1 aromatic carbocycles. The minimum atomic E-state index is -3.36. The van der Waals surface area contributed by atoms with E-state index in [4.69, 9.17) is 9.05 Å². The maximum absolute atomic E-state index is 13.1. The lowest BCUT2D eigenvalue weighted by atomic mass is 9.85. The molecule has 0 bridgehead atoms. The molecule has 0 aliphatic carbocycles. The van der Waals surface area contributed by atoms with Crippen molar-refractivity contribution >= 4 is 21.0 Å². The van der Waals surface area contributed by atoms with E-state index in [1.54, 1.807) is 0 Å². The van der Waals surface area contributed by atoms with Gasteiger partial charge in [0.05, 0.1) is 18.0 Å². The first-order valence-electron chi connectivity index (χ1n) is 8.21. The van der Waals surface area contributed by atoms with Crippen molar-refractivity contribution in [1.29, 1.82) is 0 Å². The fourth-order valence-corrected chi connectivity index (χ4v) is 6.04. The molecule has 1 fully saturated rings. The molecule has 130 valence electrons. The van der Waals surface area contributed by atoms with Crippen molar-refractivity contribution < 1.29 is 18.0 Å². The normalized spacial score (nSPS) is 27.8. The minimum Gasteiger partial charge on any atom is -0.305 e. The summed E-state index contributed by atoms with van der Waals surface area (Å²) in [6.45, 7) is 11.6. The summed E-state index contributed by atoms with van der Waals surface area (Å²) < 4.78 is 37.7. The van der Waals surface area contributed by atoms with E-state index in [2.05, 4.69) is 33.5 Å². The molecule has 0 saturated carbocycles. The molecule has 6 heteroatoms. The maximum atomic E-state index is 13.1. The van der Waals surface area contributed by atoms with Gasteiger partial charge >= 0.3 is 7.60 Å². The quantitative estimate of drug-likeness (QED) is 0.536. The summed E-state index contributed by atoms with van der Waals surface area (Å²) in [5.74, 6) is -0.357. The van der Waals surface area contributed by atoms with Crippen molar-refractivity contribution in [3.63, 3.8) is 0 Å². The van der Waals surface area contributed by atoms with Gasteiger partial charge in [-0.25, -0.2) is 4.39 Å². The Labute approximate surface area is 140 Å². The Balaban J connectivity index is 2.11. The molecule has 0 radical (unpaired) electrons. The van der Waals surface area contributed by atoms with Crippen molar-refractivity contribution in [3.05, 3.63) is 30.1 Å². The molecular weight excluding hydrogens is 330 g/mol. The monoisotopic (exact) mass is 358 g/mol. The molecule has 1 aromatic rings. The summed E-state index contributed by atoms with van der Waals surface area (Å²) in [6, 6.07) is 6.80. The highest BCUT2D eigenvalue weighted by molar-refractivity contribution is 7.62. The zero-order valence-corrected chi connectivity index (χ0v) is 16.7. The third-order valence-corrected chi connectivity index (χ3v) is 8.07. The fourth-order valence-electron chi connectivity index (χ4n) is 2.71. The highest BCUT2D eigenvalue weighted by Gasteiger charge is 2.44. The Kier molecular flexibility index (Phi) is 5.57. The number of benzene rings is 1. The summed E-state index contributed by atoms with van der Waals surface area (Å²) in [4.78, 5) is 0. The van der Waals surface area contributed by atoms with Crippen LogP contribution in [0.4, 0.5) is 4.39 Å². The highest BCUT2D eigenvalue weighted by Crippen LogP contribution is 2.56. The molecule has 3 nitrogen and oxygen atoms in total. The van der Waals surface area contributed by atoms with Gasteiger partial charge in [-0.05, 0) is 30.7 Å². The molecule has 1 aliphatic rings. The average Bonchev–Trinajstić information content (AvgIpc) is 2.42. The summed E-state index contributed by atoms with van der Waals surface area (Å²) in [5, 5.41) is 0.435. The second-order valence-corrected chi connectivity index (χ2v) is 15.9. The molecule has 0 aromatic heterocycles. The van der Waals surface area contributed by atoms with Crippen molar-refractivity contribution in [2.45, 2.75) is 58.5 Å². The lowest BCUT2D eigenvalue weighted by molar-refractivity contribution is -0.0252. The molecule has 2 unspecified atom stereocenters. The predicted molar refractivity (Wildman–Crippen MR) is 95.6 cm³/mol. The molecule has 0 amide bonds. The highest BCUT2D eigenvalue weighted by atomic mass is 31.2. The van der Waals surface area contributed by atoms with Gasteiger partial charge < -0.3 is 9.05 Å².